The van der Waals surface area contributed by atoms with E-state index in [2.05, 4.69) is 51.7 Å². The zero-order valence-electron chi connectivity index (χ0n) is 17.0. The molecule has 4 N–H and O–H groups in total. The fourth-order valence-electron chi connectivity index (χ4n) is 3.47. The number of rotatable bonds is 6. The van der Waals surface area contributed by atoms with E-state index in [4.69, 9.17) is 5.73 Å². The van der Waals surface area contributed by atoms with Crippen LogP contribution in [0, 0.1) is 0 Å². The topological polar surface area (TPSA) is 82.7 Å². The molecule has 6 nitrogen and oxygen atoms in total. The van der Waals surface area contributed by atoms with Crippen LogP contribution in [0.1, 0.15) is 47.3 Å². The van der Waals surface area contributed by atoms with Crippen LogP contribution in [0.3, 0.4) is 0 Å². The monoisotopic (exact) mass is 507 g/mol. The molecule has 0 aliphatic carbocycles. The van der Waals surface area contributed by atoms with E-state index in [0.717, 1.165) is 18.7 Å². The Kier molecular flexibility index (Phi) is 8.75. The number of nitrogens with zero attached hydrogens (tertiary/aromatic N) is 2. The third-order valence-electron chi connectivity index (χ3n) is 5.09. The fraction of sp³-hybridized carbons (Fsp3) is 0.364. The minimum absolute atomic E-state index is 0. The maximum absolute atomic E-state index is 11.3. The van der Waals surface area contributed by atoms with E-state index in [1.54, 1.807) is 19.2 Å². The lowest BCUT2D eigenvalue weighted by molar-refractivity contribution is 0.1000. The minimum Gasteiger partial charge on any atom is -0.372 e. The summed E-state index contributed by atoms with van der Waals surface area (Å²) in [4.78, 5) is 18.1. The third-order valence-corrected chi connectivity index (χ3v) is 5.09. The molecule has 1 aliphatic rings. The van der Waals surface area contributed by atoms with Gasteiger partial charge in [0.1, 0.15) is 0 Å². The maximum atomic E-state index is 11.3. The van der Waals surface area contributed by atoms with Gasteiger partial charge >= 0.3 is 0 Å². The number of nitrogens with two attached hydrogens (primary N) is 1. The van der Waals surface area contributed by atoms with E-state index in [1.807, 2.05) is 12.1 Å². The Morgan fingerprint density at radius 2 is 1.90 bits per heavy atom. The summed E-state index contributed by atoms with van der Waals surface area (Å²) in [5.74, 6) is 0.291. The smallest absolute Gasteiger partial charge is 0.248 e. The number of hydrogen-bond donors (Lipinski definition) is 3. The average Bonchev–Trinajstić information content (AvgIpc) is 3.26. The van der Waals surface area contributed by atoms with Crippen molar-refractivity contribution in [2.75, 3.05) is 25.0 Å². The molecular formula is C22H30IN5O. The molecule has 0 saturated carbocycles. The van der Waals surface area contributed by atoms with Crippen LogP contribution in [-0.4, -0.2) is 32.0 Å². The summed E-state index contributed by atoms with van der Waals surface area (Å²) < 4.78 is 0. The first-order chi connectivity index (χ1) is 13.6. The summed E-state index contributed by atoms with van der Waals surface area (Å²) in [6, 6.07) is 16.1. The molecule has 7 heteroatoms. The van der Waals surface area contributed by atoms with Gasteiger partial charge in [-0.3, -0.25) is 9.79 Å². The Hall–Kier alpha value is -2.29. The summed E-state index contributed by atoms with van der Waals surface area (Å²) in [5, 5.41) is 6.74. The van der Waals surface area contributed by atoms with Crippen molar-refractivity contribution in [3.63, 3.8) is 0 Å². The van der Waals surface area contributed by atoms with Gasteiger partial charge in [0.25, 0.3) is 0 Å². The fourth-order valence-corrected chi connectivity index (χ4v) is 3.47. The Balaban J connectivity index is 0.00000300. The van der Waals surface area contributed by atoms with Crippen molar-refractivity contribution in [1.29, 1.82) is 0 Å². The van der Waals surface area contributed by atoms with Gasteiger partial charge < -0.3 is 21.3 Å². The van der Waals surface area contributed by atoms with Gasteiger partial charge in [-0.05, 0) is 55.2 Å². The van der Waals surface area contributed by atoms with Crippen molar-refractivity contribution >= 4 is 41.5 Å². The first-order valence-corrected chi connectivity index (χ1v) is 9.77. The van der Waals surface area contributed by atoms with E-state index in [-0.39, 0.29) is 30.0 Å². The lowest BCUT2D eigenvalue weighted by atomic mass is 10.1. The van der Waals surface area contributed by atoms with Crippen LogP contribution in [0.2, 0.25) is 0 Å². The zero-order valence-corrected chi connectivity index (χ0v) is 19.4. The summed E-state index contributed by atoms with van der Waals surface area (Å²) in [5.41, 5.74) is 9.35. The van der Waals surface area contributed by atoms with Crippen molar-refractivity contribution in [2.24, 2.45) is 10.7 Å². The number of primary amides is 1. The van der Waals surface area contributed by atoms with E-state index < -0.39 is 5.91 Å². The predicted octanol–water partition coefficient (Wildman–Crippen LogP) is 3.43. The SMILES string of the molecule is CN=C(NCc1cccc(C(N)=O)c1)NC(C)c1cccc(N2CCCC2)c1.I. The summed E-state index contributed by atoms with van der Waals surface area (Å²) in [6.07, 6.45) is 2.54. The maximum Gasteiger partial charge on any atom is 0.248 e. The van der Waals surface area contributed by atoms with Crippen LogP contribution < -0.4 is 21.3 Å². The number of benzene rings is 2. The third kappa shape index (κ3) is 6.35. The molecule has 0 bridgehead atoms. The van der Waals surface area contributed by atoms with Crippen LogP contribution in [0.25, 0.3) is 0 Å². The van der Waals surface area contributed by atoms with Crippen molar-refractivity contribution in [2.45, 2.75) is 32.4 Å². The lowest BCUT2D eigenvalue weighted by Gasteiger charge is -2.22. The Morgan fingerprint density at radius 1 is 1.17 bits per heavy atom. The second-order valence-corrected chi connectivity index (χ2v) is 7.15. The molecule has 156 valence electrons. The molecule has 1 aliphatic heterocycles. The number of hydrogen-bond acceptors (Lipinski definition) is 3. The quantitative estimate of drug-likeness (QED) is 0.318. The second-order valence-electron chi connectivity index (χ2n) is 7.15. The van der Waals surface area contributed by atoms with Crippen LogP contribution in [-0.2, 0) is 6.54 Å². The Labute approximate surface area is 190 Å². The van der Waals surface area contributed by atoms with Gasteiger partial charge in [-0.2, -0.15) is 0 Å². The van der Waals surface area contributed by atoms with Gasteiger partial charge in [-0.1, -0.05) is 24.3 Å². The highest BCUT2D eigenvalue weighted by Gasteiger charge is 2.14. The molecule has 1 amide bonds. The normalized spacial score (nSPS) is 14.8. The second kappa shape index (κ2) is 11.0. The molecule has 29 heavy (non-hydrogen) atoms. The zero-order chi connectivity index (χ0) is 19.9. The number of carbonyl (C=O) groups is 1. The van der Waals surface area contributed by atoms with E-state index in [1.165, 1.54) is 24.1 Å². The standard InChI is InChI=1S/C22H29N5O.HI/c1-16(18-8-6-10-20(14-18)27-11-3-4-12-27)26-22(24-2)25-15-17-7-5-9-19(13-17)21(23)28;/h5-10,13-14,16H,3-4,11-12,15H2,1-2H3,(H2,23,28)(H2,24,25,26);1H. The molecule has 1 atom stereocenters. The lowest BCUT2D eigenvalue weighted by Crippen LogP contribution is -2.38. The number of carbonyl (C=O) groups excluding carboxylic acids is 1. The first-order valence-electron chi connectivity index (χ1n) is 9.77. The molecule has 2 aromatic rings. The van der Waals surface area contributed by atoms with Crippen molar-refractivity contribution in [3.05, 3.63) is 65.2 Å². The highest BCUT2D eigenvalue weighted by molar-refractivity contribution is 14.0. The van der Waals surface area contributed by atoms with Crippen molar-refractivity contribution in [3.8, 4) is 0 Å². The van der Waals surface area contributed by atoms with Crippen LogP contribution in [0.5, 0.6) is 0 Å². The van der Waals surface area contributed by atoms with Gasteiger partial charge in [0.15, 0.2) is 5.96 Å². The number of anilines is 1. The first kappa shape index (κ1) is 23.0. The molecule has 0 radical (unpaired) electrons. The number of nitrogens with one attached hydrogen (secondary N) is 2. The number of guanidine groups is 1. The van der Waals surface area contributed by atoms with Crippen molar-refractivity contribution < 1.29 is 4.79 Å². The summed E-state index contributed by atoms with van der Waals surface area (Å²) in [7, 11) is 1.75. The molecule has 0 spiro atoms. The molecule has 1 unspecified atom stereocenters. The van der Waals surface area contributed by atoms with Crippen LogP contribution >= 0.6 is 24.0 Å². The van der Waals surface area contributed by atoms with Gasteiger partial charge in [0.05, 0.1) is 6.04 Å². The highest BCUT2D eigenvalue weighted by atomic mass is 127. The largest absolute Gasteiger partial charge is 0.372 e. The molecule has 0 aromatic heterocycles. The molecule has 2 aromatic carbocycles. The Bertz CT molecular complexity index is 849. The number of amides is 1. The minimum atomic E-state index is -0.420. The van der Waals surface area contributed by atoms with E-state index in [9.17, 15) is 4.79 Å². The predicted molar refractivity (Wildman–Crippen MR) is 130 cm³/mol. The average molecular weight is 507 g/mol. The van der Waals surface area contributed by atoms with Gasteiger partial charge in [-0.25, -0.2) is 0 Å². The summed E-state index contributed by atoms with van der Waals surface area (Å²) >= 11 is 0. The molecular weight excluding hydrogens is 477 g/mol. The number of aliphatic imine (C=N–C) groups is 1. The molecule has 3 rings (SSSR count). The molecule has 1 fully saturated rings. The van der Waals surface area contributed by atoms with Gasteiger partial charge in [0, 0.05) is 37.9 Å². The van der Waals surface area contributed by atoms with Crippen LogP contribution in [0.15, 0.2) is 53.5 Å². The number of halogens is 1. The van der Waals surface area contributed by atoms with Crippen LogP contribution in [0.4, 0.5) is 5.69 Å². The highest BCUT2D eigenvalue weighted by Crippen LogP contribution is 2.23. The molecule has 1 saturated heterocycles. The van der Waals surface area contributed by atoms with E-state index in [0.29, 0.717) is 18.1 Å². The van der Waals surface area contributed by atoms with Crippen molar-refractivity contribution in [1.82, 2.24) is 10.6 Å². The van der Waals surface area contributed by atoms with Gasteiger partial charge in [0.2, 0.25) is 5.91 Å². The van der Waals surface area contributed by atoms with Gasteiger partial charge in [-0.15, -0.1) is 24.0 Å². The van der Waals surface area contributed by atoms with E-state index >= 15 is 0 Å². The molecule has 1 heterocycles. The summed E-state index contributed by atoms with van der Waals surface area (Å²) in [6.45, 7) is 4.96. The Morgan fingerprint density at radius 3 is 2.59 bits per heavy atom.